The van der Waals surface area contributed by atoms with Crippen LogP contribution in [0, 0.1) is 12.8 Å². The fraction of sp³-hybridized carbons (Fsp3) is 0.679. The number of aromatic nitrogens is 3. The molecule has 2 aromatic rings. The molecule has 2 N–H and O–H groups in total. The maximum Gasteiger partial charge on any atom is 0.418 e. The fourth-order valence-electron chi connectivity index (χ4n) is 6.33. The molecule has 4 aliphatic rings. The lowest BCUT2D eigenvalue weighted by atomic mass is 9.94. The first-order valence-corrected chi connectivity index (χ1v) is 14.1. The summed E-state index contributed by atoms with van der Waals surface area (Å²) < 4.78 is 70.8. The van der Waals surface area contributed by atoms with E-state index in [-0.39, 0.29) is 36.1 Å². The molecule has 0 saturated carbocycles. The molecule has 4 atom stereocenters. The molecule has 6 heterocycles. The third-order valence-corrected chi connectivity index (χ3v) is 8.12. The van der Waals surface area contributed by atoms with Crippen molar-refractivity contribution in [3.8, 4) is 6.01 Å². The summed E-state index contributed by atoms with van der Waals surface area (Å²) in [4.78, 5) is 17.2. The fourth-order valence-corrected chi connectivity index (χ4v) is 6.33. The van der Waals surface area contributed by atoms with E-state index in [4.69, 9.17) is 19.9 Å². The summed E-state index contributed by atoms with van der Waals surface area (Å²) >= 11 is 0. The number of hydrogen-bond donors (Lipinski definition) is 1. The molecule has 9 nitrogen and oxygen atoms in total. The van der Waals surface area contributed by atoms with Crippen LogP contribution < -0.4 is 15.4 Å². The van der Waals surface area contributed by atoms with Crippen molar-refractivity contribution in [2.24, 2.45) is 5.92 Å². The van der Waals surface area contributed by atoms with Gasteiger partial charge < -0.3 is 24.8 Å². The molecule has 3 fully saturated rings. The summed E-state index contributed by atoms with van der Waals surface area (Å²) in [6, 6.07) is 2.01. The minimum Gasteiger partial charge on any atom is -0.467 e. The Balaban J connectivity index is 0.000000315. The maximum absolute atomic E-state index is 13.8. The first-order valence-electron chi connectivity index (χ1n) is 14.1. The van der Waals surface area contributed by atoms with Gasteiger partial charge in [-0.25, -0.2) is 9.37 Å². The monoisotopic (exact) mass is 582 g/mol. The number of alkyl halides is 4. The molecular weight excluding hydrogens is 544 g/mol. The summed E-state index contributed by atoms with van der Waals surface area (Å²) in [7, 11) is 1.46. The van der Waals surface area contributed by atoms with Crippen LogP contribution >= 0.6 is 0 Å². The highest BCUT2D eigenvalue weighted by Crippen LogP contribution is 2.42. The minimum atomic E-state index is -4.58. The number of ether oxygens (including phenoxy) is 3. The number of aryl methyl sites for hydroxylation is 1. The highest BCUT2D eigenvalue weighted by Gasteiger charge is 2.40. The van der Waals surface area contributed by atoms with Gasteiger partial charge in [0, 0.05) is 37.7 Å². The molecule has 4 aliphatic heterocycles. The third-order valence-electron chi connectivity index (χ3n) is 8.12. The van der Waals surface area contributed by atoms with Gasteiger partial charge >= 0.3 is 12.2 Å². The average Bonchev–Trinajstić information content (AvgIpc) is 3.41. The van der Waals surface area contributed by atoms with Gasteiger partial charge in [0.15, 0.2) is 0 Å². The Kier molecular flexibility index (Phi) is 8.86. The van der Waals surface area contributed by atoms with Gasteiger partial charge in [0.05, 0.1) is 50.0 Å². The third kappa shape index (κ3) is 6.67. The van der Waals surface area contributed by atoms with E-state index in [2.05, 4.69) is 31.7 Å². The van der Waals surface area contributed by atoms with Crippen molar-refractivity contribution >= 4 is 11.6 Å². The Morgan fingerprint density at radius 1 is 1.15 bits per heavy atom. The lowest BCUT2D eigenvalue weighted by Crippen LogP contribution is -2.32. The molecule has 0 aromatic carbocycles. The van der Waals surface area contributed by atoms with Crippen LogP contribution in [0.2, 0.25) is 0 Å². The Morgan fingerprint density at radius 2 is 1.95 bits per heavy atom. The zero-order valence-corrected chi connectivity index (χ0v) is 23.7. The Bertz CT molecular complexity index is 1220. The average molecular weight is 583 g/mol. The van der Waals surface area contributed by atoms with Crippen LogP contribution in [-0.2, 0) is 28.7 Å². The molecule has 0 radical (unpaired) electrons. The van der Waals surface area contributed by atoms with Crippen LogP contribution in [0.5, 0.6) is 6.01 Å². The number of methoxy groups -OCH3 is 1. The molecule has 4 unspecified atom stereocenters. The van der Waals surface area contributed by atoms with Crippen LogP contribution in [0.15, 0.2) is 6.07 Å². The van der Waals surface area contributed by atoms with Gasteiger partial charge in [-0.3, -0.25) is 4.90 Å². The molecule has 2 aromatic heterocycles. The molecule has 3 saturated heterocycles. The standard InChI is InChI=1S/C21H26F3N5O3.C7H12FN/c1-11-8-29(4-5-31-9-11)19-14-10-32-16(7-15(14)27-20(28-19)30-3)13-6-17(25)26-12(2)18(13)21(22,23)24;8-6-4-7-2-1-3-9(7)5-6/h6,11,16H,4-5,7-10H2,1-3H3,(H2,25,26);6-7H,1-5H2. The van der Waals surface area contributed by atoms with Crippen molar-refractivity contribution in [2.75, 3.05) is 57.1 Å². The van der Waals surface area contributed by atoms with E-state index in [0.717, 1.165) is 25.1 Å². The number of pyridine rings is 1. The summed E-state index contributed by atoms with van der Waals surface area (Å²) in [5, 5.41) is 0. The predicted octanol–water partition coefficient (Wildman–Crippen LogP) is 4.27. The number of anilines is 2. The van der Waals surface area contributed by atoms with Gasteiger partial charge in [0.2, 0.25) is 0 Å². The van der Waals surface area contributed by atoms with Gasteiger partial charge in [-0.05, 0) is 50.3 Å². The number of nitrogens with zero attached hydrogens (tertiary/aromatic N) is 5. The molecular formula is C28H38F4N6O3. The van der Waals surface area contributed by atoms with E-state index in [1.165, 1.54) is 32.9 Å². The van der Waals surface area contributed by atoms with E-state index >= 15 is 0 Å². The number of fused-ring (bicyclic) bond motifs is 2. The Labute approximate surface area is 237 Å². The van der Waals surface area contributed by atoms with Crippen LogP contribution in [0.3, 0.4) is 0 Å². The highest BCUT2D eigenvalue weighted by molar-refractivity contribution is 5.52. The van der Waals surface area contributed by atoms with E-state index in [9.17, 15) is 17.6 Å². The van der Waals surface area contributed by atoms with Gasteiger partial charge in [-0.15, -0.1) is 0 Å². The molecule has 0 bridgehead atoms. The SMILES string of the molecule is COc1nc2c(c(N3CCOCC(C)C3)n1)COC(c1cc(N)nc(C)c1C(F)(F)F)C2.FC1CC2CCCN2C1. The normalized spacial score (nSPS) is 26.6. The molecule has 13 heteroatoms. The van der Waals surface area contributed by atoms with E-state index in [0.29, 0.717) is 49.8 Å². The minimum absolute atomic E-state index is 0.0133. The van der Waals surface area contributed by atoms with E-state index < -0.39 is 24.0 Å². The van der Waals surface area contributed by atoms with Gasteiger partial charge in [0.1, 0.15) is 17.8 Å². The van der Waals surface area contributed by atoms with Crippen molar-refractivity contribution in [3.63, 3.8) is 0 Å². The Hall–Kier alpha value is -2.77. The second-order valence-corrected chi connectivity index (χ2v) is 11.3. The lowest BCUT2D eigenvalue weighted by molar-refractivity contribution is -0.140. The van der Waals surface area contributed by atoms with Crippen molar-refractivity contribution in [3.05, 3.63) is 34.1 Å². The van der Waals surface area contributed by atoms with Crippen LogP contribution in [0.1, 0.15) is 60.4 Å². The number of hydrogen-bond acceptors (Lipinski definition) is 9. The number of rotatable bonds is 3. The van der Waals surface area contributed by atoms with Crippen LogP contribution in [-0.4, -0.2) is 78.6 Å². The molecule has 41 heavy (non-hydrogen) atoms. The van der Waals surface area contributed by atoms with Gasteiger partial charge in [0.25, 0.3) is 0 Å². The topological polar surface area (TPSA) is 98.9 Å². The van der Waals surface area contributed by atoms with Crippen molar-refractivity contribution in [1.29, 1.82) is 0 Å². The molecule has 0 spiro atoms. The number of nitrogen functional groups attached to an aromatic ring is 1. The van der Waals surface area contributed by atoms with Gasteiger partial charge in [-0.1, -0.05) is 6.92 Å². The molecule has 226 valence electrons. The quantitative estimate of drug-likeness (QED) is 0.532. The smallest absolute Gasteiger partial charge is 0.418 e. The zero-order valence-electron chi connectivity index (χ0n) is 23.7. The number of nitrogens with two attached hydrogens (primary N) is 1. The molecule has 0 amide bonds. The second-order valence-electron chi connectivity index (χ2n) is 11.3. The zero-order chi connectivity index (χ0) is 29.3. The van der Waals surface area contributed by atoms with Crippen molar-refractivity contribution in [1.82, 2.24) is 19.9 Å². The summed E-state index contributed by atoms with van der Waals surface area (Å²) in [6.07, 6.45) is -2.51. The summed E-state index contributed by atoms with van der Waals surface area (Å²) in [6.45, 7) is 7.89. The highest BCUT2D eigenvalue weighted by atomic mass is 19.4. The molecule has 0 aliphatic carbocycles. The van der Waals surface area contributed by atoms with E-state index in [1.54, 1.807) is 0 Å². The second kappa shape index (κ2) is 12.2. The number of halogens is 4. The Morgan fingerprint density at radius 3 is 2.68 bits per heavy atom. The largest absolute Gasteiger partial charge is 0.467 e. The summed E-state index contributed by atoms with van der Waals surface area (Å²) in [5.41, 5.74) is 6.09. The van der Waals surface area contributed by atoms with Crippen molar-refractivity contribution in [2.45, 2.75) is 70.6 Å². The van der Waals surface area contributed by atoms with Crippen molar-refractivity contribution < 1.29 is 31.8 Å². The maximum atomic E-state index is 13.8. The first kappa shape index (κ1) is 29.7. The molecule has 6 rings (SSSR count). The first-order chi connectivity index (χ1) is 19.5. The van der Waals surface area contributed by atoms with E-state index in [1.807, 2.05) is 0 Å². The van der Waals surface area contributed by atoms with Crippen LogP contribution in [0.4, 0.5) is 29.2 Å². The van der Waals surface area contributed by atoms with Gasteiger partial charge in [-0.2, -0.15) is 23.1 Å². The summed E-state index contributed by atoms with van der Waals surface area (Å²) in [5.74, 6) is 0.979. The van der Waals surface area contributed by atoms with Crippen LogP contribution in [0.25, 0.3) is 0 Å². The lowest BCUT2D eigenvalue weighted by Gasteiger charge is -2.32. The predicted molar refractivity (Wildman–Crippen MR) is 145 cm³/mol.